The number of thiocarbonyl (C=S) groups is 1. The Bertz CT molecular complexity index is 685. The number of halogens is 1. The number of benzene rings is 1. The van der Waals surface area contributed by atoms with Crippen LogP contribution in [-0.4, -0.2) is 23.7 Å². The highest BCUT2D eigenvalue weighted by Gasteiger charge is 2.28. The van der Waals surface area contributed by atoms with Gasteiger partial charge in [0.25, 0.3) is 0 Å². The number of nitrogens with one attached hydrogen (secondary N) is 3. The van der Waals surface area contributed by atoms with E-state index in [0.717, 1.165) is 17.7 Å². The van der Waals surface area contributed by atoms with Gasteiger partial charge in [0.2, 0.25) is 5.91 Å². The molecule has 142 valence electrons. The second-order valence-corrected chi connectivity index (χ2v) is 8.27. The molecule has 1 saturated carbocycles. The Labute approximate surface area is 165 Å². The van der Waals surface area contributed by atoms with Gasteiger partial charge < -0.3 is 10.1 Å². The van der Waals surface area contributed by atoms with Gasteiger partial charge in [-0.05, 0) is 60.7 Å². The summed E-state index contributed by atoms with van der Waals surface area (Å²) >= 11 is 11.4. The van der Waals surface area contributed by atoms with E-state index < -0.39 is 0 Å². The number of carbonyl (C=O) groups is 1. The average molecular weight is 396 g/mol. The molecule has 5 nitrogen and oxygen atoms in total. The lowest BCUT2D eigenvalue weighted by atomic mass is 9.78. The molecule has 1 aromatic carbocycles. The Balaban J connectivity index is 1.47. The average Bonchev–Trinajstić information content (AvgIpc) is 2.63. The molecule has 0 bridgehead atoms. The first kappa shape index (κ1) is 19.2. The molecular weight excluding hydrogens is 370 g/mol. The minimum Gasteiger partial charge on any atom is -0.492 e. The largest absolute Gasteiger partial charge is 0.492 e. The fourth-order valence-electron chi connectivity index (χ4n) is 3.74. The predicted octanol–water partition coefficient (Wildman–Crippen LogP) is 3.21. The van der Waals surface area contributed by atoms with Crippen LogP contribution < -0.4 is 20.9 Å². The van der Waals surface area contributed by atoms with Gasteiger partial charge in [-0.1, -0.05) is 38.3 Å². The van der Waals surface area contributed by atoms with Gasteiger partial charge in [-0.25, -0.2) is 0 Å². The molecule has 2 aliphatic rings. The Morgan fingerprint density at radius 2 is 2.08 bits per heavy atom. The molecular formula is C19H26ClN3O2S. The lowest BCUT2D eigenvalue weighted by molar-refractivity contribution is -0.126. The molecule has 1 aromatic rings. The standard InChI is InChI=1S/C19H26ClN3O2S/c1-11-4-3-5-16(12(11)2)21-19(26)23-22-18(24)14-8-13-9-15(20)6-7-17(13)25-10-14/h6-7,9,11-12,14,16H,3-5,8,10H2,1-2H3,(H,22,24)(H2,21,23,26)/t11-,12-,14-,16+/m1/s1. The molecule has 1 fully saturated rings. The van der Waals surface area contributed by atoms with E-state index in [2.05, 4.69) is 30.0 Å². The maximum absolute atomic E-state index is 12.4. The van der Waals surface area contributed by atoms with Gasteiger partial charge in [0.05, 0.1) is 5.92 Å². The van der Waals surface area contributed by atoms with Crippen molar-refractivity contribution in [1.29, 1.82) is 0 Å². The van der Waals surface area contributed by atoms with Crippen molar-refractivity contribution in [1.82, 2.24) is 16.2 Å². The number of hydrazine groups is 1. The summed E-state index contributed by atoms with van der Waals surface area (Å²) in [6.45, 7) is 4.88. The highest BCUT2D eigenvalue weighted by atomic mass is 35.5. The Kier molecular flexibility index (Phi) is 6.24. The summed E-state index contributed by atoms with van der Waals surface area (Å²) in [5, 5.41) is 4.45. The molecule has 26 heavy (non-hydrogen) atoms. The highest BCUT2D eigenvalue weighted by molar-refractivity contribution is 7.80. The number of hydrogen-bond donors (Lipinski definition) is 3. The van der Waals surface area contributed by atoms with Gasteiger partial charge in [0.15, 0.2) is 5.11 Å². The second-order valence-electron chi connectivity index (χ2n) is 7.43. The van der Waals surface area contributed by atoms with Crippen LogP contribution in [-0.2, 0) is 11.2 Å². The highest BCUT2D eigenvalue weighted by Crippen LogP contribution is 2.30. The fourth-order valence-corrected chi connectivity index (χ4v) is 4.14. The maximum atomic E-state index is 12.4. The molecule has 0 unspecified atom stereocenters. The lowest BCUT2D eigenvalue weighted by Crippen LogP contribution is -2.54. The first-order chi connectivity index (χ1) is 12.4. The molecule has 1 amide bonds. The Morgan fingerprint density at radius 1 is 1.27 bits per heavy atom. The van der Waals surface area contributed by atoms with Crippen LogP contribution in [0.25, 0.3) is 0 Å². The molecule has 7 heteroatoms. The van der Waals surface area contributed by atoms with E-state index in [1.165, 1.54) is 12.8 Å². The molecule has 4 atom stereocenters. The third-order valence-corrected chi connectivity index (χ3v) is 6.08. The van der Waals surface area contributed by atoms with Crippen LogP contribution in [0.2, 0.25) is 5.02 Å². The second kappa shape index (κ2) is 8.44. The van der Waals surface area contributed by atoms with Crippen LogP contribution in [0.5, 0.6) is 5.75 Å². The van der Waals surface area contributed by atoms with Crippen molar-refractivity contribution in [2.24, 2.45) is 17.8 Å². The molecule has 1 aliphatic carbocycles. The molecule has 3 N–H and O–H groups in total. The summed E-state index contributed by atoms with van der Waals surface area (Å²) in [5.74, 6) is 1.64. The number of amides is 1. The first-order valence-corrected chi connectivity index (χ1v) is 10.00. The number of ether oxygens (including phenoxy) is 1. The van der Waals surface area contributed by atoms with Crippen LogP contribution in [0.3, 0.4) is 0 Å². The minimum atomic E-state index is -0.273. The molecule has 0 aromatic heterocycles. The summed E-state index contributed by atoms with van der Waals surface area (Å²) in [6.07, 6.45) is 4.18. The molecule has 0 radical (unpaired) electrons. The van der Waals surface area contributed by atoms with Crippen molar-refractivity contribution in [3.8, 4) is 5.75 Å². The summed E-state index contributed by atoms with van der Waals surface area (Å²) in [4.78, 5) is 12.4. The van der Waals surface area contributed by atoms with Gasteiger partial charge in [-0.15, -0.1) is 0 Å². The van der Waals surface area contributed by atoms with Crippen molar-refractivity contribution in [2.45, 2.75) is 45.6 Å². The van der Waals surface area contributed by atoms with Crippen LogP contribution >= 0.6 is 23.8 Å². The molecule has 0 spiro atoms. The van der Waals surface area contributed by atoms with Crippen LogP contribution in [0.15, 0.2) is 18.2 Å². The summed E-state index contributed by atoms with van der Waals surface area (Å²) < 4.78 is 5.67. The Morgan fingerprint density at radius 3 is 2.88 bits per heavy atom. The molecule has 3 rings (SSSR count). The van der Waals surface area contributed by atoms with Crippen LogP contribution in [0, 0.1) is 17.8 Å². The zero-order valence-electron chi connectivity index (χ0n) is 15.2. The normalized spacial score (nSPS) is 27.7. The number of carbonyl (C=O) groups excluding carboxylic acids is 1. The molecule has 1 heterocycles. The smallest absolute Gasteiger partial charge is 0.245 e. The number of fused-ring (bicyclic) bond motifs is 1. The molecule has 0 saturated heterocycles. The van der Waals surface area contributed by atoms with E-state index >= 15 is 0 Å². The summed E-state index contributed by atoms with van der Waals surface area (Å²) in [5.41, 5.74) is 6.50. The van der Waals surface area contributed by atoms with Gasteiger partial charge in [-0.3, -0.25) is 15.6 Å². The van der Waals surface area contributed by atoms with E-state index in [-0.39, 0.29) is 11.8 Å². The summed E-state index contributed by atoms with van der Waals surface area (Å²) in [7, 11) is 0. The van der Waals surface area contributed by atoms with Gasteiger partial charge in [0.1, 0.15) is 12.4 Å². The predicted molar refractivity (Wildman–Crippen MR) is 107 cm³/mol. The fraction of sp³-hybridized carbons (Fsp3) is 0.579. The van der Waals surface area contributed by atoms with E-state index in [9.17, 15) is 4.79 Å². The van der Waals surface area contributed by atoms with E-state index in [1.807, 2.05) is 12.1 Å². The van der Waals surface area contributed by atoms with Gasteiger partial charge in [-0.2, -0.15) is 0 Å². The quantitative estimate of drug-likeness (QED) is 0.530. The third-order valence-electron chi connectivity index (χ3n) is 5.62. The van der Waals surface area contributed by atoms with Crippen molar-refractivity contribution in [2.75, 3.05) is 6.61 Å². The van der Waals surface area contributed by atoms with Crippen molar-refractivity contribution >= 4 is 34.8 Å². The van der Waals surface area contributed by atoms with Crippen LogP contribution in [0.1, 0.15) is 38.7 Å². The maximum Gasteiger partial charge on any atom is 0.245 e. The van der Waals surface area contributed by atoms with Gasteiger partial charge in [0, 0.05) is 11.1 Å². The summed E-state index contributed by atoms with van der Waals surface area (Å²) in [6, 6.07) is 5.83. The lowest BCUT2D eigenvalue weighted by Gasteiger charge is -2.35. The van der Waals surface area contributed by atoms with E-state index in [1.54, 1.807) is 6.07 Å². The minimum absolute atomic E-state index is 0.134. The Hall–Kier alpha value is -1.53. The topological polar surface area (TPSA) is 62.4 Å². The number of hydrogen-bond acceptors (Lipinski definition) is 3. The third kappa shape index (κ3) is 4.60. The SMILES string of the molecule is C[C@@H]1[C@H](C)CCC[C@@H]1NC(=S)NNC(=O)[C@H]1COc2ccc(Cl)cc2C1. The zero-order valence-corrected chi connectivity index (χ0v) is 16.8. The van der Waals surface area contributed by atoms with Gasteiger partial charge >= 0.3 is 0 Å². The monoisotopic (exact) mass is 395 g/mol. The van der Waals surface area contributed by atoms with Crippen molar-refractivity contribution < 1.29 is 9.53 Å². The zero-order chi connectivity index (χ0) is 18.7. The van der Waals surface area contributed by atoms with Crippen molar-refractivity contribution in [3.63, 3.8) is 0 Å². The molecule has 1 aliphatic heterocycles. The van der Waals surface area contributed by atoms with Crippen LogP contribution in [0.4, 0.5) is 0 Å². The van der Waals surface area contributed by atoms with Crippen molar-refractivity contribution in [3.05, 3.63) is 28.8 Å². The van der Waals surface area contributed by atoms with E-state index in [4.69, 9.17) is 28.6 Å². The first-order valence-electron chi connectivity index (χ1n) is 9.21. The van der Waals surface area contributed by atoms with E-state index in [0.29, 0.717) is 41.0 Å². The number of rotatable bonds is 2.